The Morgan fingerprint density at radius 3 is 2.75 bits per heavy atom. The molecule has 1 amide bonds. The van der Waals surface area contributed by atoms with Gasteiger partial charge in [0, 0.05) is 5.56 Å². The van der Waals surface area contributed by atoms with Crippen molar-refractivity contribution >= 4 is 28.1 Å². The number of hydrazone groups is 1. The lowest BCUT2D eigenvalue weighted by Crippen LogP contribution is -2.24. The Kier molecular flexibility index (Phi) is 6.81. The van der Waals surface area contributed by atoms with Gasteiger partial charge in [-0.25, -0.2) is 5.43 Å². The van der Waals surface area contributed by atoms with Crippen LogP contribution in [0.15, 0.2) is 52.0 Å². The molecular weight excluding hydrogens is 372 g/mol. The molecule has 0 atom stereocenters. The van der Waals surface area contributed by atoms with Crippen molar-refractivity contribution in [2.75, 3.05) is 13.2 Å². The molecule has 24 heavy (non-hydrogen) atoms. The van der Waals surface area contributed by atoms with E-state index in [4.69, 9.17) is 9.47 Å². The molecule has 5 nitrogen and oxygen atoms in total. The number of nitrogens with one attached hydrogen (secondary N) is 1. The van der Waals surface area contributed by atoms with Crippen molar-refractivity contribution in [3.8, 4) is 11.5 Å². The van der Waals surface area contributed by atoms with E-state index in [9.17, 15) is 4.79 Å². The van der Waals surface area contributed by atoms with Gasteiger partial charge in [-0.1, -0.05) is 18.2 Å². The normalized spacial score (nSPS) is 10.6. The molecule has 0 aliphatic carbocycles. The van der Waals surface area contributed by atoms with Gasteiger partial charge in [0.25, 0.3) is 5.91 Å². The summed E-state index contributed by atoms with van der Waals surface area (Å²) < 4.78 is 11.8. The van der Waals surface area contributed by atoms with Crippen molar-refractivity contribution in [3.05, 3.63) is 58.1 Å². The van der Waals surface area contributed by atoms with Crippen molar-refractivity contribution in [2.45, 2.75) is 13.8 Å². The summed E-state index contributed by atoms with van der Waals surface area (Å²) in [4.78, 5) is 11.8. The molecule has 0 saturated carbocycles. The third-order valence-corrected chi connectivity index (χ3v) is 3.68. The zero-order valence-electron chi connectivity index (χ0n) is 13.6. The lowest BCUT2D eigenvalue weighted by molar-refractivity contribution is -0.123. The average Bonchev–Trinajstić information content (AvgIpc) is 2.56. The standard InChI is InChI=1S/C18H19BrN2O3/c1-3-23-16-7-5-4-6-14(16)11-20-21-18(22)12-24-17-9-8-13(2)10-15(17)19/h4-11H,3,12H2,1-2H3,(H,21,22)/b20-11+. The largest absolute Gasteiger partial charge is 0.493 e. The number of carbonyl (C=O) groups is 1. The maximum atomic E-state index is 11.8. The Balaban J connectivity index is 1.87. The van der Waals surface area contributed by atoms with E-state index in [1.807, 2.05) is 56.3 Å². The molecule has 2 aromatic rings. The molecular formula is C18H19BrN2O3. The number of halogens is 1. The van der Waals surface area contributed by atoms with Crippen LogP contribution in [0.3, 0.4) is 0 Å². The highest BCUT2D eigenvalue weighted by atomic mass is 79.9. The first-order chi connectivity index (χ1) is 11.6. The Morgan fingerprint density at radius 1 is 1.21 bits per heavy atom. The maximum Gasteiger partial charge on any atom is 0.277 e. The smallest absolute Gasteiger partial charge is 0.277 e. The van der Waals surface area contributed by atoms with Crippen molar-refractivity contribution < 1.29 is 14.3 Å². The lowest BCUT2D eigenvalue weighted by Gasteiger charge is -2.08. The number of para-hydroxylation sites is 1. The van der Waals surface area contributed by atoms with Crippen LogP contribution in [0.25, 0.3) is 0 Å². The van der Waals surface area contributed by atoms with Crippen molar-refractivity contribution in [1.29, 1.82) is 0 Å². The molecule has 0 fully saturated rings. The van der Waals surface area contributed by atoms with Gasteiger partial charge in [-0.05, 0) is 59.6 Å². The van der Waals surface area contributed by atoms with Gasteiger partial charge < -0.3 is 9.47 Å². The second-order valence-corrected chi connectivity index (χ2v) is 5.84. The highest BCUT2D eigenvalue weighted by molar-refractivity contribution is 9.10. The number of nitrogens with zero attached hydrogens (tertiary/aromatic N) is 1. The van der Waals surface area contributed by atoms with E-state index in [1.54, 1.807) is 6.21 Å². The van der Waals surface area contributed by atoms with Crippen LogP contribution in [0.4, 0.5) is 0 Å². The van der Waals surface area contributed by atoms with Gasteiger partial charge in [0.05, 0.1) is 17.3 Å². The SMILES string of the molecule is CCOc1ccccc1/C=N/NC(=O)COc1ccc(C)cc1Br. The van der Waals surface area contributed by atoms with E-state index in [2.05, 4.69) is 26.5 Å². The van der Waals surface area contributed by atoms with Crippen molar-refractivity contribution in [2.24, 2.45) is 5.10 Å². The maximum absolute atomic E-state index is 11.8. The Morgan fingerprint density at radius 2 is 2.00 bits per heavy atom. The zero-order valence-corrected chi connectivity index (χ0v) is 15.2. The summed E-state index contributed by atoms with van der Waals surface area (Å²) in [6.45, 7) is 4.34. The summed E-state index contributed by atoms with van der Waals surface area (Å²) in [5.74, 6) is 0.992. The zero-order chi connectivity index (χ0) is 17.4. The minimum absolute atomic E-state index is 0.119. The van der Waals surface area contributed by atoms with E-state index in [0.717, 1.165) is 21.3 Å². The number of rotatable bonds is 7. The highest BCUT2D eigenvalue weighted by Gasteiger charge is 2.05. The number of benzene rings is 2. The van der Waals surface area contributed by atoms with E-state index in [0.29, 0.717) is 12.4 Å². The second kappa shape index (κ2) is 9.08. The van der Waals surface area contributed by atoms with Gasteiger partial charge >= 0.3 is 0 Å². The third kappa shape index (κ3) is 5.38. The van der Waals surface area contributed by atoms with Crippen LogP contribution in [0.2, 0.25) is 0 Å². The van der Waals surface area contributed by atoms with Crippen LogP contribution in [0.5, 0.6) is 11.5 Å². The molecule has 0 spiro atoms. The summed E-state index contributed by atoms with van der Waals surface area (Å²) >= 11 is 3.40. The van der Waals surface area contributed by atoms with Crippen LogP contribution in [-0.4, -0.2) is 25.3 Å². The van der Waals surface area contributed by atoms with Crippen LogP contribution in [0, 0.1) is 6.92 Å². The lowest BCUT2D eigenvalue weighted by atomic mass is 10.2. The van der Waals surface area contributed by atoms with Gasteiger partial charge in [-0.3, -0.25) is 4.79 Å². The fourth-order valence-corrected chi connectivity index (χ4v) is 2.55. The molecule has 0 bridgehead atoms. The Bertz CT molecular complexity index is 732. The minimum Gasteiger partial charge on any atom is -0.493 e. The van der Waals surface area contributed by atoms with Gasteiger partial charge in [0.2, 0.25) is 0 Å². The molecule has 0 aromatic heterocycles. The first-order valence-corrected chi connectivity index (χ1v) is 8.32. The predicted octanol–water partition coefficient (Wildman–Crippen LogP) is 3.69. The van der Waals surface area contributed by atoms with Crippen molar-refractivity contribution in [1.82, 2.24) is 5.43 Å². The monoisotopic (exact) mass is 390 g/mol. The number of ether oxygens (including phenoxy) is 2. The van der Waals surface area contributed by atoms with Gasteiger partial charge in [0.1, 0.15) is 11.5 Å². The van der Waals surface area contributed by atoms with Gasteiger partial charge in [-0.2, -0.15) is 5.10 Å². The molecule has 0 saturated heterocycles. The molecule has 6 heteroatoms. The molecule has 0 aliphatic rings. The summed E-state index contributed by atoms with van der Waals surface area (Å²) in [7, 11) is 0. The first-order valence-electron chi connectivity index (χ1n) is 7.53. The van der Waals surface area contributed by atoms with E-state index in [-0.39, 0.29) is 12.5 Å². The minimum atomic E-state index is -0.340. The molecule has 0 aliphatic heterocycles. The number of carbonyl (C=O) groups excluding carboxylic acids is 1. The van der Waals surface area contributed by atoms with Crippen molar-refractivity contribution in [3.63, 3.8) is 0 Å². The van der Waals surface area contributed by atoms with Crippen LogP contribution in [0.1, 0.15) is 18.1 Å². The fraction of sp³-hybridized carbons (Fsp3) is 0.222. The molecule has 0 heterocycles. The quantitative estimate of drug-likeness (QED) is 0.579. The second-order valence-electron chi connectivity index (χ2n) is 4.99. The molecule has 126 valence electrons. The summed E-state index contributed by atoms with van der Waals surface area (Å²) in [5.41, 5.74) is 4.34. The van der Waals surface area contributed by atoms with E-state index >= 15 is 0 Å². The van der Waals surface area contributed by atoms with Crippen LogP contribution >= 0.6 is 15.9 Å². The van der Waals surface area contributed by atoms with Gasteiger partial charge in [-0.15, -0.1) is 0 Å². The topological polar surface area (TPSA) is 59.9 Å². The van der Waals surface area contributed by atoms with E-state index < -0.39 is 0 Å². The highest BCUT2D eigenvalue weighted by Crippen LogP contribution is 2.25. The molecule has 1 N–H and O–H groups in total. The van der Waals surface area contributed by atoms with Gasteiger partial charge in [0.15, 0.2) is 6.61 Å². The molecule has 2 rings (SSSR count). The molecule has 0 unspecified atom stereocenters. The number of hydrogen-bond acceptors (Lipinski definition) is 4. The Labute approximate surface area is 149 Å². The average molecular weight is 391 g/mol. The Hall–Kier alpha value is -2.34. The summed E-state index contributed by atoms with van der Waals surface area (Å²) in [6, 6.07) is 13.1. The third-order valence-electron chi connectivity index (χ3n) is 3.06. The predicted molar refractivity (Wildman–Crippen MR) is 97.7 cm³/mol. The number of amides is 1. The molecule has 2 aromatic carbocycles. The summed E-state index contributed by atoms with van der Waals surface area (Å²) in [6.07, 6.45) is 1.55. The molecule has 0 radical (unpaired) electrons. The summed E-state index contributed by atoms with van der Waals surface area (Å²) in [5, 5.41) is 3.94. The number of hydrogen-bond donors (Lipinski definition) is 1. The first kappa shape index (κ1) is 18.0. The fourth-order valence-electron chi connectivity index (χ4n) is 1.95. The van der Waals surface area contributed by atoms with Crippen LogP contribution in [-0.2, 0) is 4.79 Å². The van der Waals surface area contributed by atoms with Crippen LogP contribution < -0.4 is 14.9 Å². The van der Waals surface area contributed by atoms with E-state index in [1.165, 1.54) is 0 Å². The number of aryl methyl sites for hydroxylation is 1.